The minimum atomic E-state index is -0.102. The maximum absolute atomic E-state index is 13.3. The number of para-hydroxylation sites is 1. The Morgan fingerprint density at radius 3 is 2.45 bits per heavy atom. The summed E-state index contributed by atoms with van der Waals surface area (Å²) in [4.78, 5) is 13.3. The summed E-state index contributed by atoms with van der Waals surface area (Å²) < 4.78 is 12.7. The number of carbonyl (C=O) groups excluding carboxylic acids is 1. The average Bonchev–Trinajstić information content (AvgIpc) is 3.26. The molecule has 0 spiro atoms. The van der Waals surface area contributed by atoms with E-state index in [1.54, 1.807) is 31.2 Å². The van der Waals surface area contributed by atoms with Crippen LogP contribution in [0.4, 0.5) is 0 Å². The van der Waals surface area contributed by atoms with Gasteiger partial charge in [-0.3, -0.25) is 4.79 Å². The molecule has 3 aromatic rings. The van der Waals surface area contributed by atoms with Crippen LogP contribution >= 0.6 is 0 Å². The van der Waals surface area contributed by atoms with Gasteiger partial charge in [-0.2, -0.15) is 5.10 Å². The molecule has 1 saturated carbocycles. The van der Waals surface area contributed by atoms with Gasteiger partial charge in [0.2, 0.25) is 0 Å². The van der Waals surface area contributed by atoms with E-state index in [2.05, 4.69) is 12.2 Å². The van der Waals surface area contributed by atoms with E-state index in [4.69, 9.17) is 14.6 Å². The molecule has 0 radical (unpaired) electrons. The molecule has 1 aromatic heterocycles. The molecule has 2 aromatic carbocycles. The third kappa shape index (κ3) is 4.58. The fraction of sp³-hybridized carbons (Fsp3) is 0.360. The number of ether oxygens (including phenoxy) is 2. The van der Waals surface area contributed by atoms with Crippen molar-refractivity contribution in [2.45, 2.75) is 38.6 Å². The smallest absolute Gasteiger partial charge is 0.255 e. The summed E-state index contributed by atoms with van der Waals surface area (Å²) in [5.41, 5.74) is 2.76. The van der Waals surface area contributed by atoms with Crippen molar-refractivity contribution in [1.29, 1.82) is 0 Å². The molecule has 4 rings (SSSR count). The number of nitrogens with zero attached hydrogens (tertiary/aromatic N) is 2. The van der Waals surface area contributed by atoms with Crippen molar-refractivity contribution < 1.29 is 14.3 Å². The fourth-order valence-electron chi connectivity index (χ4n) is 4.11. The lowest BCUT2D eigenvalue weighted by atomic mass is 9.87. The Hall–Kier alpha value is -3.28. The number of nitrogens with one attached hydrogen (secondary N) is 1. The maximum atomic E-state index is 13.3. The van der Waals surface area contributed by atoms with Gasteiger partial charge in [0.15, 0.2) is 0 Å². The van der Waals surface area contributed by atoms with Crippen molar-refractivity contribution in [1.82, 2.24) is 15.1 Å². The Morgan fingerprint density at radius 1 is 1.03 bits per heavy atom. The molecule has 0 atom stereocenters. The van der Waals surface area contributed by atoms with E-state index in [1.165, 1.54) is 0 Å². The van der Waals surface area contributed by atoms with Crippen LogP contribution in [-0.2, 0) is 0 Å². The van der Waals surface area contributed by atoms with Crippen LogP contribution in [0.15, 0.2) is 54.7 Å². The van der Waals surface area contributed by atoms with Crippen LogP contribution in [0.1, 0.15) is 43.0 Å². The van der Waals surface area contributed by atoms with Gasteiger partial charge in [-0.1, -0.05) is 25.1 Å². The molecular weight excluding hydrogens is 390 g/mol. The molecule has 0 unspecified atom stereocenters. The number of aromatic nitrogens is 2. The highest BCUT2D eigenvalue weighted by Crippen LogP contribution is 2.35. The Morgan fingerprint density at radius 2 is 1.77 bits per heavy atom. The van der Waals surface area contributed by atoms with Gasteiger partial charge < -0.3 is 14.8 Å². The van der Waals surface area contributed by atoms with Crippen molar-refractivity contribution in [3.63, 3.8) is 0 Å². The molecule has 1 amide bonds. The molecule has 1 fully saturated rings. The summed E-state index contributed by atoms with van der Waals surface area (Å²) in [6.45, 7) is 2.27. The number of methoxy groups -OCH3 is 2. The molecular formula is C25H29N3O3. The zero-order valence-electron chi connectivity index (χ0n) is 18.3. The van der Waals surface area contributed by atoms with E-state index >= 15 is 0 Å². The standard InChI is InChI=1S/C25H29N3O3/c1-17-9-11-18(12-10-17)26-25(29)22-16-28(19-7-5-4-6-8-19)27-24(22)21-14-13-20(30-2)15-23(21)31-3/h4-8,13-18H,9-12H2,1-3H3,(H,26,29). The molecule has 31 heavy (non-hydrogen) atoms. The van der Waals surface area contributed by atoms with Gasteiger partial charge in [-0.25, -0.2) is 4.68 Å². The number of benzene rings is 2. The Bertz CT molecular complexity index is 1040. The number of carbonyl (C=O) groups is 1. The summed E-state index contributed by atoms with van der Waals surface area (Å²) in [6.07, 6.45) is 6.12. The topological polar surface area (TPSA) is 65.4 Å². The van der Waals surface area contributed by atoms with Gasteiger partial charge in [0.25, 0.3) is 5.91 Å². The molecule has 6 heteroatoms. The monoisotopic (exact) mass is 419 g/mol. The minimum Gasteiger partial charge on any atom is -0.497 e. The second kappa shape index (κ2) is 9.25. The van der Waals surface area contributed by atoms with Crippen molar-refractivity contribution >= 4 is 5.91 Å². The lowest BCUT2D eigenvalue weighted by molar-refractivity contribution is 0.0923. The first-order chi connectivity index (χ1) is 15.1. The van der Waals surface area contributed by atoms with Gasteiger partial charge in [0.1, 0.15) is 17.2 Å². The van der Waals surface area contributed by atoms with E-state index in [1.807, 2.05) is 42.5 Å². The SMILES string of the molecule is COc1ccc(-c2nn(-c3ccccc3)cc2C(=O)NC2CCC(C)CC2)c(OC)c1. The van der Waals surface area contributed by atoms with Crippen LogP contribution in [0.2, 0.25) is 0 Å². The Kier molecular flexibility index (Phi) is 6.26. The fourth-order valence-corrected chi connectivity index (χ4v) is 4.11. The summed E-state index contributed by atoms with van der Waals surface area (Å²) in [6, 6.07) is 15.5. The number of hydrogen-bond acceptors (Lipinski definition) is 4. The van der Waals surface area contributed by atoms with Crippen LogP contribution < -0.4 is 14.8 Å². The molecule has 162 valence electrons. The summed E-state index contributed by atoms with van der Waals surface area (Å²) in [7, 11) is 3.22. The number of hydrogen-bond donors (Lipinski definition) is 1. The Balaban J connectivity index is 1.73. The first-order valence-electron chi connectivity index (χ1n) is 10.8. The summed E-state index contributed by atoms with van der Waals surface area (Å²) in [5, 5.41) is 8.01. The van der Waals surface area contributed by atoms with E-state index in [-0.39, 0.29) is 11.9 Å². The lowest BCUT2D eigenvalue weighted by Crippen LogP contribution is -2.37. The minimum absolute atomic E-state index is 0.102. The van der Waals surface area contributed by atoms with Crippen LogP contribution in [0.5, 0.6) is 11.5 Å². The predicted octanol–water partition coefficient (Wildman–Crippen LogP) is 4.87. The van der Waals surface area contributed by atoms with Crippen molar-refractivity contribution in [3.8, 4) is 28.4 Å². The zero-order chi connectivity index (χ0) is 21.8. The van der Waals surface area contributed by atoms with Gasteiger partial charge in [0.05, 0.1) is 25.5 Å². The van der Waals surface area contributed by atoms with E-state index in [0.29, 0.717) is 22.8 Å². The maximum Gasteiger partial charge on any atom is 0.255 e. The lowest BCUT2D eigenvalue weighted by Gasteiger charge is -2.26. The third-order valence-corrected chi connectivity index (χ3v) is 5.99. The molecule has 1 aliphatic carbocycles. The van der Waals surface area contributed by atoms with Gasteiger partial charge in [-0.15, -0.1) is 0 Å². The summed E-state index contributed by atoms with van der Waals surface area (Å²) in [5.74, 6) is 1.92. The van der Waals surface area contributed by atoms with Crippen LogP contribution in [0, 0.1) is 5.92 Å². The van der Waals surface area contributed by atoms with Crippen LogP contribution in [0.3, 0.4) is 0 Å². The predicted molar refractivity (Wildman–Crippen MR) is 121 cm³/mol. The van der Waals surface area contributed by atoms with Crippen LogP contribution in [-0.4, -0.2) is 35.9 Å². The Labute approximate surface area is 183 Å². The molecule has 1 aliphatic rings. The third-order valence-electron chi connectivity index (χ3n) is 5.99. The number of rotatable bonds is 6. The van der Waals surface area contributed by atoms with E-state index in [0.717, 1.165) is 42.9 Å². The average molecular weight is 420 g/mol. The quantitative estimate of drug-likeness (QED) is 0.619. The second-order valence-electron chi connectivity index (χ2n) is 8.17. The second-order valence-corrected chi connectivity index (χ2v) is 8.17. The molecule has 6 nitrogen and oxygen atoms in total. The molecule has 1 N–H and O–H groups in total. The highest BCUT2D eigenvalue weighted by Gasteiger charge is 2.25. The highest BCUT2D eigenvalue weighted by atomic mass is 16.5. The normalized spacial score (nSPS) is 18.4. The number of amides is 1. The summed E-state index contributed by atoms with van der Waals surface area (Å²) >= 11 is 0. The first kappa shape index (κ1) is 21.0. The highest BCUT2D eigenvalue weighted by molar-refractivity contribution is 6.00. The van der Waals surface area contributed by atoms with Crippen molar-refractivity contribution in [2.75, 3.05) is 14.2 Å². The van der Waals surface area contributed by atoms with Gasteiger partial charge >= 0.3 is 0 Å². The van der Waals surface area contributed by atoms with Crippen molar-refractivity contribution in [3.05, 3.63) is 60.3 Å². The van der Waals surface area contributed by atoms with Gasteiger partial charge in [-0.05, 0) is 55.9 Å². The molecule has 0 bridgehead atoms. The van der Waals surface area contributed by atoms with Crippen molar-refractivity contribution in [2.24, 2.45) is 5.92 Å². The van der Waals surface area contributed by atoms with E-state index in [9.17, 15) is 4.79 Å². The van der Waals surface area contributed by atoms with Gasteiger partial charge in [0, 0.05) is 23.9 Å². The largest absolute Gasteiger partial charge is 0.497 e. The zero-order valence-corrected chi connectivity index (χ0v) is 18.3. The first-order valence-corrected chi connectivity index (χ1v) is 10.8. The molecule has 1 heterocycles. The van der Waals surface area contributed by atoms with E-state index < -0.39 is 0 Å². The molecule has 0 saturated heterocycles. The van der Waals surface area contributed by atoms with Crippen LogP contribution in [0.25, 0.3) is 16.9 Å². The molecule has 0 aliphatic heterocycles.